The van der Waals surface area contributed by atoms with Crippen molar-refractivity contribution in [3.05, 3.63) is 60.2 Å². The summed E-state index contributed by atoms with van der Waals surface area (Å²) in [5.41, 5.74) is 9.81. The first kappa shape index (κ1) is 15.5. The van der Waals surface area contributed by atoms with Crippen LogP contribution in [0.5, 0.6) is 0 Å². The Labute approximate surface area is 135 Å². The van der Waals surface area contributed by atoms with Crippen LogP contribution in [0.1, 0.15) is 5.56 Å². The predicted octanol–water partition coefficient (Wildman–Crippen LogP) is 2.18. The molecule has 0 spiro atoms. The summed E-state index contributed by atoms with van der Waals surface area (Å²) in [7, 11) is 3.27. The number of anilines is 1. The highest BCUT2D eigenvalue weighted by Crippen LogP contribution is 2.18. The SMILES string of the molecule is COC(Cn1c(N)[n+](Cc2ccccc2)c2ccccc21)OC. The summed E-state index contributed by atoms with van der Waals surface area (Å²) >= 11 is 0. The van der Waals surface area contributed by atoms with Crippen LogP contribution in [-0.2, 0) is 22.6 Å². The first-order valence-electron chi connectivity index (χ1n) is 7.60. The highest BCUT2D eigenvalue weighted by atomic mass is 16.7. The van der Waals surface area contributed by atoms with Gasteiger partial charge in [0.25, 0.3) is 0 Å². The molecule has 5 nitrogen and oxygen atoms in total. The number of para-hydroxylation sites is 2. The summed E-state index contributed by atoms with van der Waals surface area (Å²) in [6.45, 7) is 1.27. The minimum Gasteiger partial charge on any atom is -0.353 e. The van der Waals surface area contributed by atoms with Crippen molar-refractivity contribution in [2.75, 3.05) is 20.0 Å². The van der Waals surface area contributed by atoms with Crippen LogP contribution < -0.4 is 10.3 Å². The summed E-state index contributed by atoms with van der Waals surface area (Å²) in [6.07, 6.45) is -0.335. The maximum atomic E-state index is 6.44. The van der Waals surface area contributed by atoms with Gasteiger partial charge in [-0.05, 0) is 17.7 Å². The monoisotopic (exact) mass is 312 g/mol. The van der Waals surface area contributed by atoms with Gasteiger partial charge in [0.15, 0.2) is 6.29 Å². The van der Waals surface area contributed by atoms with E-state index in [2.05, 4.69) is 28.8 Å². The molecule has 23 heavy (non-hydrogen) atoms. The molecule has 2 aromatic carbocycles. The Balaban J connectivity index is 2.06. The Morgan fingerprint density at radius 1 is 1.00 bits per heavy atom. The van der Waals surface area contributed by atoms with E-state index in [1.165, 1.54) is 5.56 Å². The van der Waals surface area contributed by atoms with Crippen LogP contribution in [-0.4, -0.2) is 25.1 Å². The van der Waals surface area contributed by atoms with Gasteiger partial charge in [0.1, 0.15) is 17.6 Å². The number of hydrogen-bond donors (Lipinski definition) is 1. The molecule has 0 aliphatic rings. The van der Waals surface area contributed by atoms with E-state index in [1.54, 1.807) is 14.2 Å². The van der Waals surface area contributed by atoms with Gasteiger partial charge < -0.3 is 9.47 Å². The van der Waals surface area contributed by atoms with Crippen LogP contribution in [0.2, 0.25) is 0 Å². The Hall–Kier alpha value is -2.37. The summed E-state index contributed by atoms with van der Waals surface area (Å²) < 4.78 is 14.8. The van der Waals surface area contributed by atoms with Crippen LogP contribution in [0, 0.1) is 0 Å². The van der Waals surface area contributed by atoms with E-state index >= 15 is 0 Å². The van der Waals surface area contributed by atoms with E-state index in [1.807, 2.05) is 34.9 Å². The quantitative estimate of drug-likeness (QED) is 0.561. The number of nitrogens with zero attached hydrogens (tertiary/aromatic N) is 2. The van der Waals surface area contributed by atoms with Gasteiger partial charge in [-0.15, -0.1) is 0 Å². The van der Waals surface area contributed by atoms with E-state index in [0.29, 0.717) is 12.5 Å². The third-order valence-electron chi connectivity index (χ3n) is 4.06. The van der Waals surface area contributed by atoms with Crippen molar-refractivity contribution in [3.8, 4) is 0 Å². The molecule has 0 fully saturated rings. The molecule has 0 saturated carbocycles. The van der Waals surface area contributed by atoms with Gasteiger partial charge in [-0.3, -0.25) is 5.73 Å². The average Bonchev–Trinajstić information content (AvgIpc) is 2.86. The molecule has 0 aliphatic carbocycles. The van der Waals surface area contributed by atoms with Crippen molar-refractivity contribution in [2.24, 2.45) is 0 Å². The molecule has 1 heterocycles. The van der Waals surface area contributed by atoms with Gasteiger partial charge in [-0.25, -0.2) is 9.13 Å². The highest BCUT2D eigenvalue weighted by molar-refractivity contribution is 5.73. The largest absolute Gasteiger partial charge is 0.356 e. The van der Waals surface area contributed by atoms with Crippen LogP contribution >= 0.6 is 0 Å². The fraction of sp³-hybridized carbons (Fsp3) is 0.278. The molecular weight excluding hydrogens is 290 g/mol. The lowest BCUT2D eigenvalue weighted by Gasteiger charge is -2.12. The summed E-state index contributed by atoms with van der Waals surface area (Å²) in [4.78, 5) is 0. The van der Waals surface area contributed by atoms with Crippen molar-refractivity contribution in [2.45, 2.75) is 19.4 Å². The zero-order chi connectivity index (χ0) is 16.2. The number of hydrogen-bond acceptors (Lipinski definition) is 3. The number of imidazole rings is 1. The maximum Gasteiger partial charge on any atom is 0.356 e. The zero-order valence-corrected chi connectivity index (χ0v) is 13.5. The number of nitrogens with two attached hydrogens (primary N) is 1. The minimum atomic E-state index is -0.335. The van der Waals surface area contributed by atoms with E-state index in [4.69, 9.17) is 15.2 Å². The van der Waals surface area contributed by atoms with Crippen molar-refractivity contribution in [1.29, 1.82) is 0 Å². The van der Waals surface area contributed by atoms with Gasteiger partial charge >= 0.3 is 5.95 Å². The third kappa shape index (κ3) is 3.06. The lowest BCUT2D eigenvalue weighted by Crippen LogP contribution is -2.37. The molecule has 0 saturated heterocycles. The molecule has 3 rings (SSSR count). The van der Waals surface area contributed by atoms with E-state index in [0.717, 1.165) is 17.6 Å². The number of ether oxygens (including phenoxy) is 2. The van der Waals surface area contributed by atoms with Gasteiger partial charge in [-0.2, -0.15) is 0 Å². The van der Waals surface area contributed by atoms with Gasteiger partial charge in [0.2, 0.25) is 0 Å². The Bertz CT molecular complexity index is 780. The summed E-state index contributed by atoms with van der Waals surface area (Å²) in [5, 5.41) is 0. The first-order valence-corrected chi connectivity index (χ1v) is 7.60. The fourth-order valence-corrected chi connectivity index (χ4v) is 2.83. The van der Waals surface area contributed by atoms with Crippen molar-refractivity contribution in [1.82, 2.24) is 4.57 Å². The summed E-state index contributed by atoms with van der Waals surface area (Å²) in [6, 6.07) is 18.5. The molecule has 5 heteroatoms. The van der Waals surface area contributed by atoms with Gasteiger partial charge in [0, 0.05) is 14.2 Å². The smallest absolute Gasteiger partial charge is 0.353 e. The number of rotatable bonds is 6. The molecule has 2 N–H and O–H groups in total. The van der Waals surface area contributed by atoms with Crippen LogP contribution in [0.15, 0.2) is 54.6 Å². The molecular formula is C18H22N3O2+. The normalized spacial score (nSPS) is 11.4. The number of methoxy groups -OCH3 is 2. The standard InChI is InChI=1S/C18H21N3O2/c1-22-17(23-2)13-21-16-11-7-6-10-15(16)20(18(21)19)12-14-8-4-3-5-9-14/h3-11,17,19H,12-13H2,1-2H3/p+1. The van der Waals surface area contributed by atoms with Gasteiger partial charge in [0.05, 0.1) is 6.54 Å². The number of benzene rings is 2. The van der Waals surface area contributed by atoms with Gasteiger partial charge in [-0.1, -0.05) is 42.5 Å². The van der Waals surface area contributed by atoms with Crippen molar-refractivity contribution < 1.29 is 14.0 Å². The summed E-state index contributed by atoms with van der Waals surface area (Å²) in [5.74, 6) is 0.689. The number of nitrogen functional groups attached to an aromatic ring is 1. The zero-order valence-electron chi connectivity index (χ0n) is 13.5. The fourth-order valence-electron chi connectivity index (χ4n) is 2.83. The Kier molecular flexibility index (Phi) is 4.60. The molecule has 3 aromatic rings. The van der Waals surface area contributed by atoms with E-state index in [9.17, 15) is 0 Å². The lowest BCUT2D eigenvalue weighted by molar-refractivity contribution is -0.648. The molecule has 0 atom stereocenters. The van der Waals surface area contributed by atoms with Crippen molar-refractivity contribution >= 4 is 17.0 Å². The maximum absolute atomic E-state index is 6.44. The molecule has 0 unspecified atom stereocenters. The van der Waals surface area contributed by atoms with E-state index < -0.39 is 0 Å². The predicted molar refractivity (Wildman–Crippen MR) is 89.9 cm³/mol. The second-order valence-electron chi connectivity index (χ2n) is 5.43. The second kappa shape index (κ2) is 6.81. The molecule has 120 valence electrons. The topological polar surface area (TPSA) is 53.3 Å². The second-order valence-corrected chi connectivity index (χ2v) is 5.43. The molecule has 0 aliphatic heterocycles. The first-order chi connectivity index (χ1) is 11.2. The van der Waals surface area contributed by atoms with E-state index in [-0.39, 0.29) is 6.29 Å². The van der Waals surface area contributed by atoms with Crippen LogP contribution in [0.25, 0.3) is 11.0 Å². The lowest BCUT2D eigenvalue weighted by atomic mass is 10.2. The molecule has 1 aromatic heterocycles. The number of aromatic nitrogens is 2. The Morgan fingerprint density at radius 3 is 2.35 bits per heavy atom. The van der Waals surface area contributed by atoms with Crippen LogP contribution in [0.3, 0.4) is 0 Å². The van der Waals surface area contributed by atoms with Crippen LogP contribution in [0.4, 0.5) is 5.95 Å². The average molecular weight is 312 g/mol. The number of fused-ring (bicyclic) bond motifs is 1. The van der Waals surface area contributed by atoms with Crippen molar-refractivity contribution in [3.63, 3.8) is 0 Å². The Morgan fingerprint density at radius 2 is 1.65 bits per heavy atom. The molecule has 0 amide bonds. The minimum absolute atomic E-state index is 0.335. The molecule has 0 radical (unpaired) electrons. The molecule has 0 bridgehead atoms. The highest BCUT2D eigenvalue weighted by Gasteiger charge is 2.23. The third-order valence-corrected chi connectivity index (χ3v) is 4.06.